The molecule has 1 aliphatic heterocycles. The first-order valence-electron chi connectivity index (χ1n) is 5.80. The standard InChI is InChI=1S/C12H16BrNO3S/c1-8(6-14)18(15,16)7-10-5-11(13)4-9-2-3-17-12(9)10/h4-5,8H,2-3,6-7,14H2,1H3. The Hall–Kier alpha value is -0.590. The molecule has 0 saturated heterocycles. The quantitative estimate of drug-likeness (QED) is 0.909. The first-order chi connectivity index (χ1) is 8.44. The van der Waals surface area contributed by atoms with Crippen molar-refractivity contribution >= 4 is 25.8 Å². The van der Waals surface area contributed by atoms with Crippen molar-refractivity contribution in [3.05, 3.63) is 27.7 Å². The highest BCUT2D eigenvalue weighted by molar-refractivity contribution is 9.10. The van der Waals surface area contributed by atoms with Gasteiger partial charge in [-0.25, -0.2) is 8.42 Å². The van der Waals surface area contributed by atoms with Gasteiger partial charge in [-0.05, 0) is 24.6 Å². The molecule has 2 N–H and O–H groups in total. The number of fused-ring (bicyclic) bond motifs is 1. The zero-order valence-electron chi connectivity index (χ0n) is 10.1. The van der Waals surface area contributed by atoms with E-state index in [2.05, 4.69) is 15.9 Å². The van der Waals surface area contributed by atoms with E-state index in [4.69, 9.17) is 10.5 Å². The molecule has 1 aromatic rings. The third kappa shape index (κ3) is 2.70. The van der Waals surface area contributed by atoms with E-state index < -0.39 is 15.1 Å². The third-order valence-corrected chi connectivity index (χ3v) is 5.72. The average Bonchev–Trinajstić information content (AvgIpc) is 2.75. The van der Waals surface area contributed by atoms with Crippen molar-refractivity contribution in [3.63, 3.8) is 0 Å². The summed E-state index contributed by atoms with van der Waals surface area (Å²) in [5.74, 6) is 0.707. The molecule has 1 aromatic carbocycles. The van der Waals surface area contributed by atoms with E-state index >= 15 is 0 Å². The molecule has 1 atom stereocenters. The van der Waals surface area contributed by atoms with Crippen molar-refractivity contribution in [2.24, 2.45) is 5.73 Å². The van der Waals surface area contributed by atoms with E-state index in [9.17, 15) is 8.42 Å². The fourth-order valence-corrected chi connectivity index (χ4v) is 3.74. The number of sulfone groups is 1. The summed E-state index contributed by atoms with van der Waals surface area (Å²) >= 11 is 3.40. The smallest absolute Gasteiger partial charge is 0.158 e. The van der Waals surface area contributed by atoms with Crippen LogP contribution in [0.15, 0.2) is 16.6 Å². The Kier molecular flexibility index (Phi) is 3.99. The Bertz CT molecular complexity index is 557. The Labute approximate surface area is 116 Å². The van der Waals surface area contributed by atoms with Gasteiger partial charge in [0.05, 0.1) is 17.6 Å². The van der Waals surface area contributed by atoms with Crippen LogP contribution in [0.3, 0.4) is 0 Å². The highest BCUT2D eigenvalue weighted by atomic mass is 79.9. The first kappa shape index (κ1) is 13.8. The fourth-order valence-electron chi connectivity index (χ4n) is 1.96. The molecule has 0 spiro atoms. The molecule has 0 aromatic heterocycles. The SMILES string of the molecule is CC(CN)S(=O)(=O)Cc1cc(Br)cc2c1OCC2. The lowest BCUT2D eigenvalue weighted by atomic mass is 10.1. The summed E-state index contributed by atoms with van der Waals surface area (Å²) in [6.07, 6.45) is 0.828. The lowest BCUT2D eigenvalue weighted by molar-refractivity contribution is 0.354. The van der Waals surface area contributed by atoms with Crippen LogP contribution < -0.4 is 10.5 Å². The van der Waals surface area contributed by atoms with E-state index in [1.54, 1.807) is 6.92 Å². The van der Waals surface area contributed by atoms with Crippen molar-refractivity contribution in [3.8, 4) is 5.75 Å². The van der Waals surface area contributed by atoms with E-state index in [1.807, 2.05) is 12.1 Å². The van der Waals surface area contributed by atoms with Gasteiger partial charge in [-0.3, -0.25) is 0 Å². The minimum Gasteiger partial charge on any atom is -0.493 e. The summed E-state index contributed by atoms with van der Waals surface area (Å²) in [5.41, 5.74) is 7.22. The molecule has 0 saturated carbocycles. The molecule has 0 amide bonds. The normalized spacial score (nSPS) is 16.2. The van der Waals surface area contributed by atoms with Gasteiger partial charge in [0.25, 0.3) is 0 Å². The number of rotatable bonds is 4. The number of hydrogen-bond acceptors (Lipinski definition) is 4. The predicted octanol–water partition coefficient (Wildman–Crippen LogP) is 1.65. The third-order valence-electron chi connectivity index (χ3n) is 3.13. The number of ether oxygens (including phenoxy) is 1. The molecule has 0 radical (unpaired) electrons. The summed E-state index contributed by atoms with van der Waals surface area (Å²) in [5, 5.41) is -0.534. The van der Waals surface area contributed by atoms with Crippen LogP contribution in [-0.4, -0.2) is 26.8 Å². The van der Waals surface area contributed by atoms with Crippen LogP contribution >= 0.6 is 15.9 Å². The monoisotopic (exact) mass is 333 g/mol. The molecule has 0 bridgehead atoms. The summed E-state index contributed by atoms with van der Waals surface area (Å²) in [4.78, 5) is 0. The molecule has 1 aliphatic rings. The number of hydrogen-bond donors (Lipinski definition) is 1. The average molecular weight is 334 g/mol. The van der Waals surface area contributed by atoms with Crippen LogP contribution in [-0.2, 0) is 22.0 Å². The van der Waals surface area contributed by atoms with Crippen LogP contribution in [0.25, 0.3) is 0 Å². The maximum absolute atomic E-state index is 12.1. The molecule has 2 rings (SSSR count). The van der Waals surface area contributed by atoms with Gasteiger partial charge in [-0.1, -0.05) is 15.9 Å². The van der Waals surface area contributed by atoms with Crippen LogP contribution in [0.1, 0.15) is 18.1 Å². The minimum atomic E-state index is -3.23. The van der Waals surface area contributed by atoms with E-state index in [-0.39, 0.29) is 12.3 Å². The van der Waals surface area contributed by atoms with Crippen LogP contribution in [0.2, 0.25) is 0 Å². The molecule has 6 heteroatoms. The zero-order chi connectivity index (χ0) is 13.3. The van der Waals surface area contributed by atoms with Gasteiger partial charge in [0.15, 0.2) is 9.84 Å². The van der Waals surface area contributed by atoms with Gasteiger partial charge in [0.2, 0.25) is 0 Å². The van der Waals surface area contributed by atoms with Crippen molar-refractivity contribution in [2.45, 2.75) is 24.3 Å². The second-order valence-corrected chi connectivity index (χ2v) is 7.84. The summed E-state index contributed by atoms with van der Waals surface area (Å²) in [6.45, 7) is 2.39. The summed E-state index contributed by atoms with van der Waals surface area (Å²) < 4.78 is 30.6. The van der Waals surface area contributed by atoms with Crippen molar-refractivity contribution in [1.29, 1.82) is 0 Å². The second-order valence-electron chi connectivity index (χ2n) is 4.51. The molecular formula is C12H16BrNO3S. The molecular weight excluding hydrogens is 318 g/mol. The van der Waals surface area contributed by atoms with Crippen molar-refractivity contribution < 1.29 is 13.2 Å². The first-order valence-corrected chi connectivity index (χ1v) is 8.30. The van der Waals surface area contributed by atoms with Gasteiger partial charge >= 0.3 is 0 Å². The summed E-state index contributed by atoms with van der Waals surface area (Å²) in [7, 11) is -3.23. The molecule has 0 aliphatic carbocycles. The minimum absolute atomic E-state index is 0.0207. The molecule has 0 fully saturated rings. The topological polar surface area (TPSA) is 69.4 Å². The van der Waals surface area contributed by atoms with E-state index in [0.717, 1.165) is 27.8 Å². The Morgan fingerprint density at radius 2 is 2.22 bits per heavy atom. The maximum Gasteiger partial charge on any atom is 0.158 e. The highest BCUT2D eigenvalue weighted by Crippen LogP contribution is 2.34. The Balaban J connectivity index is 2.36. The Morgan fingerprint density at radius 3 is 2.89 bits per heavy atom. The van der Waals surface area contributed by atoms with Crippen LogP contribution in [0.4, 0.5) is 0 Å². The van der Waals surface area contributed by atoms with Gasteiger partial charge in [0, 0.05) is 23.0 Å². The second kappa shape index (κ2) is 5.19. The number of benzene rings is 1. The molecule has 4 nitrogen and oxygen atoms in total. The lowest BCUT2D eigenvalue weighted by Crippen LogP contribution is -2.27. The molecule has 100 valence electrons. The lowest BCUT2D eigenvalue weighted by Gasteiger charge is -2.13. The molecule has 1 heterocycles. The van der Waals surface area contributed by atoms with Gasteiger partial charge in [-0.2, -0.15) is 0 Å². The largest absolute Gasteiger partial charge is 0.493 e. The number of nitrogens with two attached hydrogens (primary N) is 1. The fraction of sp³-hybridized carbons (Fsp3) is 0.500. The highest BCUT2D eigenvalue weighted by Gasteiger charge is 2.25. The number of halogens is 1. The van der Waals surface area contributed by atoms with Gasteiger partial charge in [0.1, 0.15) is 5.75 Å². The van der Waals surface area contributed by atoms with E-state index in [1.165, 1.54) is 0 Å². The van der Waals surface area contributed by atoms with E-state index in [0.29, 0.717) is 6.61 Å². The zero-order valence-corrected chi connectivity index (χ0v) is 12.6. The van der Waals surface area contributed by atoms with Gasteiger partial charge < -0.3 is 10.5 Å². The maximum atomic E-state index is 12.1. The van der Waals surface area contributed by atoms with Crippen LogP contribution in [0.5, 0.6) is 5.75 Å². The molecule has 1 unspecified atom stereocenters. The molecule has 18 heavy (non-hydrogen) atoms. The Morgan fingerprint density at radius 1 is 1.50 bits per heavy atom. The van der Waals surface area contributed by atoms with Crippen molar-refractivity contribution in [1.82, 2.24) is 0 Å². The van der Waals surface area contributed by atoms with Crippen molar-refractivity contribution in [2.75, 3.05) is 13.2 Å². The van der Waals surface area contributed by atoms with Gasteiger partial charge in [-0.15, -0.1) is 0 Å². The van der Waals surface area contributed by atoms with Crippen LogP contribution in [0, 0.1) is 0 Å². The predicted molar refractivity (Wildman–Crippen MR) is 74.5 cm³/mol. The summed E-state index contributed by atoms with van der Waals surface area (Å²) in [6, 6.07) is 3.79.